The lowest BCUT2D eigenvalue weighted by molar-refractivity contribution is -0.170. The lowest BCUT2D eigenvalue weighted by Crippen LogP contribution is -2.66. The summed E-state index contributed by atoms with van der Waals surface area (Å²) in [5.74, 6) is 4.31. The van der Waals surface area contributed by atoms with Crippen molar-refractivity contribution < 1.29 is 14.6 Å². The molecule has 0 radical (unpaired) electrons. The lowest BCUT2D eigenvalue weighted by atomic mass is 9.43. The van der Waals surface area contributed by atoms with Crippen molar-refractivity contribution in [3.8, 4) is 0 Å². The van der Waals surface area contributed by atoms with Crippen molar-refractivity contribution in [1.29, 1.82) is 0 Å². The molecule has 10 atom stereocenters. The number of carbonyl (C=O) groups is 1. The number of halogens is 1. The van der Waals surface area contributed by atoms with Gasteiger partial charge in [0.2, 0.25) is 0 Å². The monoisotopic (exact) mass is 524 g/mol. The Morgan fingerprint density at radius 3 is 2.45 bits per heavy atom. The number of aliphatic hydroxyl groups is 1. The molecular weight excluding hydrogens is 476 g/mol. The summed E-state index contributed by atoms with van der Waals surface area (Å²) in [5, 5.41) is 11.6. The maximum Gasteiger partial charge on any atom is 0.302 e. The van der Waals surface area contributed by atoms with Crippen LogP contribution in [0.25, 0.3) is 0 Å². The van der Waals surface area contributed by atoms with Gasteiger partial charge in [0.05, 0.1) is 10.4 Å². The smallest absolute Gasteiger partial charge is 0.302 e. The van der Waals surface area contributed by atoms with E-state index >= 15 is 0 Å². The van der Waals surface area contributed by atoms with Gasteiger partial charge in [-0.2, -0.15) is 0 Å². The summed E-state index contributed by atoms with van der Waals surface area (Å²) < 4.78 is 5.29. The predicted molar refractivity (Wildman–Crippen MR) is 138 cm³/mol. The lowest BCUT2D eigenvalue weighted by Gasteiger charge is -2.65. The second-order valence-corrected chi connectivity index (χ2v) is 14.8. The number of carbonyl (C=O) groups excluding carboxylic acids is 1. The molecule has 4 aliphatic rings. The molecule has 4 aliphatic carbocycles. The molecule has 0 spiro atoms. The first kappa shape index (κ1) is 26.0. The molecule has 1 N–H and O–H groups in total. The van der Waals surface area contributed by atoms with E-state index in [4.69, 9.17) is 4.74 Å². The van der Waals surface area contributed by atoms with Gasteiger partial charge in [0, 0.05) is 13.3 Å². The van der Waals surface area contributed by atoms with E-state index in [1.165, 1.54) is 51.9 Å². The Kier molecular flexibility index (Phi) is 7.41. The molecule has 0 saturated heterocycles. The van der Waals surface area contributed by atoms with Crippen molar-refractivity contribution in [3.63, 3.8) is 0 Å². The van der Waals surface area contributed by atoms with Crippen LogP contribution in [-0.4, -0.2) is 27.6 Å². The van der Waals surface area contributed by atoms with E-state index in [1.54, 1.807) is 0 Å². The van der Waals surface area contributed by atoms with Gasteiger partial charge in [-0.05, 0) is 91.3 Å². The number of alkyl halides is 1. The molecule has 0 unspecified atom stereocenters. The van der Waals surface area contributed by atoms with E-state index in [9.17, 15) is 9.90 Å². The molecule has 0 amide bonds. The summed E-state index contributed by atoms with van der Waals surface area (Å²) in [6, 6.07) is 0. The summed E-state index contributed by atoms with van der Waals surface area (Å²) in [5.41, 5.74) is 0.504. The first-order valence-corrected chi connectivity index (χ1v) is 14.8. The van der Waals surface area contributed by atoms with Crippen LogP contribution < -0.4 is 0 Å². The van der Waals surface area contributed by atoms with Crippen LogP contribution in [0.15, 0.2) is 0 Å². The maximum atomic E-state index is 11.6. The van der Waals surface area contributed by atoms with E-state index in [0.717, 1.165) is 49.4 Å². The van der Waals surface area contributed by atoms with Crippen molar-refractivity contribution in [2.75, 3.05) is 0 Å². The third-order valence-electron chi connectivity index (χ3n) is 11.3. The third kappa shape index (κ3) is 4.36. The highest BCUT2D eigenvalue weighted by atomic mass is 79.9. The first-order chi connectivity index (χ1) is 15.4. The minimum atomic E-state index is -0.369. The minimum absolute atomic E-state index is 0.0638. The quantitative estimate of drug-likeness (QED) is 0.288. The van der Waals surface area contributed by atoms with Gasteiger partial charge in [-0.3, -0.25) is 4.79 Å². The number of aliphatic hydroxyl groups excluding tert-OH is 1. The summed E-state index contributed by atoms with van der Waals surface area (Å²) in [7, 11) is 0. The van der Waals surface area contributed by atoms with Crippen LogP contribution in [0.5, 0.6) is 0 Å². The van der Waals surface area contributed by atoms with Gasteiger partial charge in [-0.15, -0.1) is 0 Å². The van der Waals surface area contributed by atoms with Gasteiger partial charge in [0.1, 0.15) is 6.10 Å². The van der Waals surface area contributed by atoms with Crippen LogP contribution in [0.2, 0.25) is 0 Å². The number of hydrogen-bond donors (Lipinski definition) is 1. The Labute approximate surface area is 211 Å². The van der Waals surface area contributed by atoms with Gasteiger partial charge in [-0.25, -0.2) is 0 Å². The minimum Gasteiger partial charge on any atom is -0.463 e. The average Bonchev–Trinajstić information content (AvgIpc) is 3.07. The Morgan fingerprint density at radius 2 is 1.79 bits per heavy atom. The van der Waals surface area contributed by atoms with Crippen molar-refractivity contribution in [1.82, 2.24) is 0 Å². The van der Waals surface area contributed by atoms with E-state index in [0.29, 0.717) is 17.3 Å². The van der Waals surface area contributed by atoms with Crippen molar-refractivity contribution in [3.05, 3.63) is 0 Å². The standard InChI is InChI=1S/C29H49BrO3/c1-18(2)8-7-9-19(3)23-10-11-24-22-16-26(32)29(30)17-21(33-20(4)31)12-15-28(29,6)25(22)13-14-27(23,24)5/h18-19,21-26,32H,7-17H2,1-6H3/t19-,21-,22-,23-,24-,25-,26-,27+,28-,29+/m1/s1. The zero-order valence-electron chi connectivity index (χ0n) is 22.0. The zero-order chi connectivity index (χ0) is 24.2. The van der Waals surface area contributed by atoms with Crippen LogP contribution in [0, 0.1) is 46.3 Å². The second-order valence-electron chi connectivity index (χ2n) is 13.4. The largest absolute Gasteiger partial charge is 0.463 e. The first-order valence-electron chi connectivity index (χ1n) is 14.0. The Hall–Kier alpha value is -0.0900. The fourth-order valence-electron chi connectivity index (χ4n) is 9.56. The fourth-order valence-corrected chi connectivity index (χ4v) is 10.6. The van der Waals surface area contributed by atoms with E-state index in [1.807, 2.05) is 0 Å². The van der Waals surface area contributed by atoms with Gasteiger partial charge in [0.25, 0.3) is 0 Å². The predicted octanol–water partition coefficient (Wildman–Crippen LogP) is 7.53. The second kappa shape index (κ2) is 9.41. The topological polar surface area (TPSA) is 46.5 Å². The molecule has 4 fully saturated rings. The molecule has 4 heteroatoms. The molecule has 0 heterocycles. The van der Waals surface area contributed by atoms with Gasteiger partial charge in [-0.1, -0.05) is 69.8 Å². The van der Waals surface area contributed by atoms with E-state index in [2.05, 4.69) is 50.5 Å². The molecular formula is C29H49BrO3. The van der Waals surface area contributed by atoms with Crippen molar-refractivity contribution in [2.45, 2.75) is 129 Å². The molecule has 4 rings (SSSR count). The maximum absolute atomic E-state index is 11.6. The van der Waals surface area contributed by atoms with E-state index in [-0.39, 0.29) is 27.9 Å². The highest BCUT2D eigenvalue weighted by Crippen LogP contribution is 2.70. The van der Waals surface area contributed by atoms with Crippen LogP contribution in [0.4, 0.5) is 0 Å². The molecule has 190 valence electrons. The molecule has 0 aromatic heterocycles. The highest BCUT2D eigenvalue weighted by Gasteiger charge is 2.67. The van der Waals surface area contributed by atoms with Crippen LogP contribution >= 0.6 is 15.9 Å². The van der Waals surface area contributed by atoms with E-state index < -0.39 is 0 Å². The fraction of sp³-hybridized carbons (Fsp3) is 0.966. The number of fused-ring (bicyclic) bond motifs is 5. The third-order valence-corrected chi connectivity index (χ3v) is 13.0. The molecule has 4 saturated carbocycles. The van der Waals surface area contributed by atoms with Gasteiger partial charge >= 0.3 is 5.97 Å². The van der Waals surface area contributed by atoms with Crippen LogP contribution in [0.3, 0.4) is 0 Å². The Morgan fingerprint density at radius 1 is 1.06 bits per heavy atom. The average molecular weight is 526 g/mol. The molecule has 33 heavy (non-hydrogen) atoms. The van der Waals surface area contributed by atoms with Gasteiger partial charge < -0.3 is 9.84 Å². The summed E-state index contributed by atoms with van der Waals surface area (Å²) in [6.45, 7) is 13.8. The Balaban J connectivity index is 1.51. The normalized spacial score (nSPS) is 48.0. The summed E-state index contributed by atoms with van der Waals surface area (Å²) in [6.07, 6.45) is 12.6. The molecule has 3 nitrogen and oxygen atoms in total. The Bertz CT molecular complexity index is 724. The van der Waals surface area contributed by atoms with Crippen molar-refractivity contribution >= 4 is 21.9 Å². The molecule has 0 bridgehead atoms. The SMILES string of the molecule is CC(=O)O[C@@H]1CC[C@]2(C)[C@@H]3CC[C@]4(C)[C@H](CC[C@@H]4[C@H](C)CCCC(C)C)[C@H]3C[C@@H](O)[C@@]2(Br)C1. The zero-order valence-corrected chi connectivity index (χ0v) is 23.6. The number of esters is 1. The van der Waals surface area contributed by atoms with Crippen molar-refractivity contribution in [2.24, 2.45) is 46.3 Å². The number of rotatable bonds is 6. The molecule has 0 aromatic carbocycles. The number of ether oxygens (including phenoxy) is 1. The van der Waals surface area contributed by atoms with Crippen LogP contribution in [0.1, 0.15) is 112 Å². The molecule has 0 aliphatic heterocycles. The van der Waals surface area contributed by atoms with Gasteiger partial charge in [0.15, 0.2) is 0 Å². The highest BCUT2D eigenvalue weighted by molar-refractivity contribution is 9.10. The summed E-state index contributed by atoms with van der Waals surface area (Å²) >= 11 is 4.11. The summed E-state index contributed by atoms with van der Waals surface area (Å²) in [4.78, 5) is 11.6. The number of hydrogen-bond acceptors (Lipinski definition) is 3. The molecule has 0 aromatic rings. The van der Waals surface area contributed by atoms with Crippen LogP contribution in [-0.2, 0) is 9.53 Å².